The van der Waals surface area contributed by atoms with Gasteiger partial charge < -0.3 is 19.8 Å². The van der Waals surface area contributed by atoms with E-state index in [0.717, 1.165) is 19.4 Å². The third-order valence-corrected chi connectivity index (χ3v) is 8.19. The van der Waals surface area contributed by atoms with Gasteiger partial charge in [0.1, 0.15) is 17.9 Å². The van der Waals surface area contributed by atoms with Gasteiger partial charge in [-0.05, 0) is 19.3 Å². The number of nitrogens with zero attached hydrogens (tertiary/aromatic N) is 1. The van der Waals surface area contributed by atoms with Crippen LogP contribution >= 0.6 is 0 Å². The number of hydrogen-bond acceptors (Lipinski definition) is 5. The standard InChI is InChI=1S/C27H57NO6S/c1-3-5-6-7-8-9-10-11-12-13-14-15-16-17-20-28(21-18-23-29,22-19-24-30)26(4-2)27(31)25-35(32,33)34/h26-27,29-31H,3-25H2,1-2H3/p+1. The van der Waals surface area contributed by atoms with E-state index in [9.17, 15) is 28.3 Å². The minimum Gasteiger partial charge on any atom is -0.396 e. The Hall–Kier alpha value is -0.250. The molecule has 0 aliphatic carbocycles. The summed E-state index contributed by atoms with van der Waals surface area (Å²) in [5.74, 6) is -0.678. The highest BCUT2D eigenvalue weighted by molar-refractivity contribution is 7.85. The van der Waals surface area contributed by atoms with E-state index in [1.807, 2.05) is 6.92 Å². The van der Waals surface area contributed by atoms with Crippen molar-refractivity contribution in [3.8, 4) is 0 Å². The van der Waals surface area contributed by atoms with Crippen molar-refractivity contribution in [1.29, 1.82) is 0 Å². The Morgan fingerprint density at radius 1 is 0.629 bits per heavy atom. The number of aliphatic hydroxyl groups is 3. The molecule has 35 heavy (non-hydrogen) atoms. The first-order valence-electron chi connectivity index (χ1n) is 14.5. The lowest BCUT2D eigenvalue weighted by atomic mass is 10.00. The molecule has 0 rings (SSSR count). The lowest BCUT2D eigenvalue weighted by Crippen LogP contribution is -2.62. The average molecular weight is 525 g/mol. The van der Waals surface area contributed by atoms with Gasteiger partial charge in [0.2, 0.25) is 0 Å². The average Bonchev–Trinajstić information content (AvgIpc) is 2.80. The first-order chi connectivity index (χ1) is 16.8. The van der Waals surface area contributed by atoms with Crippen LogP contribution < -0.4 is 0 Å². The van der Waals surface area contributed by atoms with Crippen LogP contribution in [0.2, 0.25) is 0 Å². The Bertz CT molecular complexity index is 564. The maximum atomic E-state index is 11.4. The Labute approximate surface area is 216 Å². The molecule has 0 aromatic rings. The maximum Gasteiger partial charge on any atom is 0.267 e. The Morgan fingerprint density at radius 3 is 1.34 bits per heavy atom. The fourth-order valence-corrected chi connectivity index (χ4v) is 6.23. The van der Waals surface area contributed by atoms with E-state index in [4.69, 9.17) is 0 Å². The molecule has 0 aliphatic rings. The van der Waals surface area contributed by atoms with Crippen LogP contribution in [0.15, 0.2) is 0 Å². The summed E-state index contributed by atoms with van der Waals surface area (Å²) in [7, 11) is -4.29. The quantitative estimate of drug-likeness (QED) is 0.0713. The summed E-state index contributed by atoms with van der Waals surface area (Å²) in [6.45, 7) is 6.26. The lowest BCUT2D eigenvalue weighted by molar-refractivity contribution is -0.955. The second-order valence-corrected chi connectivity index (χ2v) is 11.9. The van der Waals surface area contributed by atoms with Crippen LogP contribution in [0.1, 0.15) is 123 Å². The van der Waals surface area contributed by atoms with Crippen molar-refractivity contribution in [3.05, 3.63) is 0 Å². The minimum absolute atomic E-state index is 0.0304. The minimum atomic E-state index is -4.29. The van der Waals surface area contributed by atoms with Crippen molar-refractivity contribution in [2.24, 2.45) is 0 Å². The number of aliphatic hydroxyl groups excluding tert-OH is 3. The maximum absolute atomic E-state index is 11.4. The molecule has 0 amide bonds. The van der Waals surface area contributed by atoms with Gasteiger partial charge in [-0.1, -0.05) is 90.9 Å². The van der Waals surface area contributed by atoms with Crippen LogP contribution in [-0.2, 0) is 10.1 Å². The molecule has 0 radical (unpaired) electrons. The van der Waals surface area contributed by atoms with Crippen LogP contribution in [0.25, 0.3) is 0 Å². The van der Waals surface area contributed by atoms with Crippen molar-refractivity contribution in [1.82, 2.24) is 0 Å². The molecule has 4 N–H and O–H groups in total. The molecule has 0 aliphatic heterocycles. The molecule has 0 saturated carbocycles. The molecule has 0 bridgehead atoms. The zero-order valence-corrected chi connectivity index (χ0v) is 23.7. The molecular formula is C27H58NO6S+. The van der Waals surface area contributed by atoms with E-state index in [1.54, 1.807) is 0 Å². The summed E-state index contributed by atoms with van der Waals surface area (Å²) in [4.78, 5) is 0. The second-order valence-electron chi connectivity index (χ2n) is 10.4. The monoisotopic (exact) mass is 524 g/mol. The predicted octanol–water partition coefficient (Wildman–Crippen LogP) is 5.08. The summed E-state index contributed by atoms with van der Waals surface area (Å²) >= 11 is 0. The summed E-state index contributed by atoms with van der Waals surface area (Å²) in [5.41, 5.74) is 0. The molecule has 0 saturated heterocycles. The third kappa shape index (κ3) is 17.8. The van der Waals surface area contributed by atoms with Gasteiger partial charge in [0.15, 0.2) is 0 Å². The van der Waals surface area contributed by atoms with E-state index >= 15 is 0 Å². The fourth-order valence-electron chi connectivity index (χ4n) is 5.58. The predicted molar refractivity (Wildman–Crippen MR) is 145 cm³/mol. The van der Waals surface area contributed by atoms with E-state index in [-0.39, 0.29) is 19.3 Å². The van der Waals surface area contributed by atoms with Crippen molar-refractivity contribution >= 4 is 10.1 Å². The van der Waals surface area contributed by atoms with Gasteiger partial charge in [-0.25, -0.2) is 0 Å². The topological polar surface area (TPSA) is 115 Å². The van der Waals surface area contributed by atoms with E-state index < -0.39 is 22.0 Å². The van der Waals surface area contributed by atoms with Gasteiger partial charge in [0, 0.05) is 26.1 Å². The van der Waals surface area contributed by atoms with Crippen molar-refractivity contribution in [3.63, 3.8) is 0 Å². The molecule has 7 nitrogen and oxygen atoms in total. The Kier molecular flexibility index (Phi) is 21.6. The van der Waals surface area contributed by atoms with Gasteiger partial charge in [-0.2, -0.15) is 8.42 Å². The van der Waals surface area contributed by atoms with E-state index in [1.165, 1.54) is 77.0 Å². The number of rotatable bonds is 26. The largest absolute Gasteiger partial charge is 0.396 e. The zero-order valence-electron chi connectivity index (χ0n) is 22.9. The first kappa shape index (κ1) is 34.8. The van der Waals surface area contributed by atoms with Crippen LogP contribution in [0.4, 0.5) is 0 Å². The molecule has 212 valence electrons. The summed E-state index contributed by atoms with van der Waals surface area (Å²) < 4.78 is 32.6. The smallest absolute Gasteiger partial charge is 0.267 e. The molecule has 0 heterocycles. The molecule has 0 aromatic heterocycles. The van der Waals surface area contributed by atoms with Gasteiger partial charge in [-0.3, -0.25) is 4.55 Å². The summed E-state index contributed by atoms with van der Waals surface area (Å²) in [6, 6.07) is -0.364. The van der Waals surface area contributed by atoms with E-state index in [2.05, 4.69) is 6.92 Å². The molecule has 8 heteroatoms. The van der Waals surface area contributed by atoms with Crippen LogP contribution in [0.5, 0.6) is 0 Å². The van der Waals surface area contributed by atoms with Crippen LogP contribution in [0.3, 0.4) is 0 Å². The summed E-state index contributed by atoms with van der Waals surface area (Å²) in [5, 5.41) is 29.7. The highest BCUT2D eigenvalue weighted by atomic mass is 32.2. The SMILES string of the molecule is CCCCCCCCCCCCCCCC[N+](CCCO)(CCCO)C(CC)C(O)CS(=O)(=O)O. The third-order valence-electron chi connectivity index (χ3n) is 7.43. The van der Waals surface area contributed by atoms with Gasteiger partial charge in [0.05, 0.1) is 19.6 Å². The molecular weight excluding hydrogens is 466 g/mol. The molecule has 0 spiro atoms. The lowest BCUT2D eigenvalue weighted by Gasteiger charge is -2.47. The van der Waals surface area contributed by atoms with Crippen LogP contribution in [0, 0.1) is 0 Å². The van der Waals surface area contributed by atoms with E-state index in [0.29, 0.717) is 36.8 Å². The van der Waals surface area contributed by atoms with Crippen molar-refractivity contribution in [2.75, 3.05) is 38.6 Å². The zero-order chi connectivity index (χ0) is 26.4. The van der Waals surface area contributed by atoms with Gasteiger partial charge in [-0.15, -0.1) is 0 Å². The van der Waals surface area contributed by atoms with Gasteiger partial charge >= 0.3 is 0 Å². The fraction of sp³-hybridized carbons (Fsp3) is 1.00. The molecule has 0 aromatic carbocycles. The van der Waals surface area contributed by atoms with Crippen LogP contribution in [-0.4, -0.2) is 83.5 Å². The Morgan fingerprint density at radius 2 is 1.00 bits per heavy atom. The Balaban J connectivity index is 4.57. The molecule has 0 fully saturated rings. The molecule has 2 atom stereocenters. The summed E-state index contributed by atoms with van der Waals surface area (Å²) in [6.07, 6.45) is 18.4. The first-order valence-corrected chi connectivity index (χ1v) is 16.1. The number of quaternary nitrogens is 1. The van der Waals surface area contributed by atoms with Crippen molar-refractivity contribution < 1.29 is 32.8 Å². The highest BCUT2D eigenvalue weighted by Crippen LogP contribution is 2.25. The number of hydrogen-bond donors (Lipinski definition) is 4. The second kappa shape index (κ2) is 21.8. The highest BCUT2D eigenvalue weighted by Gasteiger charge is 2.40. The number of unbranched alkanes of at least 4 members (excludes halogenated alkanes) is 13. The van der Waals surface area contributed by atoms with Gasteiger partial charge in [0.25, 0.3) is 10.1 Å². The molecule has 2 unspecified atom stereocenters. The normalized spacial score (nSPS) is 14.3. The van der Waals surface area contributed by atoms with Crippen molar-refractivity contribution in [2.45, 2.75) is 135 Å².